The molecule has 0 aliphatic carbocycles. The Balaban J connectivity index is 0.00000289. The smallest absolute Gasteiger partial charge is 0.145 e. The lowest BCUT2D eigenvalue weighted by molar-refractivity contribution is 0.286. The molecule has 174 valence electrons. The lowest BCUT2D eigenvalue weighted by Crippen LogP contribution is -2.27. The Morgan fingerprint density at radius 1 is 1.16 bits per heavy atom. The van der Waals surface area contributed by atoms with Crippen molar-refractivity contribution in [2.75, 3.05) is 40.4 Å². The van der Waals surface area contributed by atoms with Crippen LogP contribution in [0, 0.1) is 0 Å². The van der Waals surface area contributed by atoms with E-state index >= 15 is 0 Å². The van der Waals surface area contributed by atoms with Gasteiger partial charge in [0.05, 0.1) is 20.8 Å². The molecule has 4 N–H and O–H groups in total. The number of hydrogen-bond acceptors (Lipinski definition) is 7. The van der Waals surface area contributed by atoms with Gasteiger partial charge in [0, 0.05) is 39.9 Å². The first-order chi connectivity index (χ1) is 15.1. The van der Waals surface area contributed by atoms with Crippen molar-refractivity contribution >= 4 is 39.6 Å². The zero-order valence-corrected chi connectivity index (χ0v) is 21.6. The molecule has 3 aromatic rings. The summed E-state index contributed by atoms with van der Waals surface area (Å²) in [7, 11) is 3.38. The standard InChI is InChI=1S/C23H31N5O2S.BrH/c1-5-27(6-2)9-10-28-22-18(30-4)12-15(17(25)13-24)23-20(22)21(26-28)16-11-14(29-3)7-8-19(16)31-23;/h7-8,11-12,17H,5-6,9-10,13,24-25H2,1-4H3;1H. The second-order valence-corrected chi connectivity index (χ2v) is 8.68. The van der Waals surface area contributed by atoms with Crippen molar-refractivity contribution in [1.29, 1.82) is 0 Å². The van der Waals surface area contributed by atoms with Crippen LogP contribution in [0.1, 0.15) is 25.5 Å². The molecule has 1 atom stereocenters. The van der Waals surface area contributed by atoms with Crippen LogP contribution in [-0.4, -0.2) is 55.1 Å². The minimum Gasteiger partial charge on any atom is -0.497 e. The van der Waals surface area contributed by atoms with Gasteiger partial charge in [0.25, 0.3) is 0 Å². The molecule has 0 amide bonds. The van der Waals surface area contributed by atoms with Crippen LogP contribution in [0.3, 0.4) is 0 Å². The minimum absolute atomic E-state index is 0. The van der Waals surface area contributed by atoms with Crippen LogP contribution in [0.15, 0.2) is 34.1 Å². The molecule has 1 aliphatic heterocycles. The van der Waals surface area contributed by atoms with Crippen molar-refractivity contribution in [3.8, 4) is 22.8 Å². The van der Waals surface area contributed by atoms with Crippen molar-refractivity contribution in [3.05, 3.63) is 29.8 Å². The molecular formula is C23H32BrN5O2S. The summed E-state index contributed by atoms with van der Waals surface area (Å²) in [4.78, 5) is 4.65. The summed E-state index contributed by atoms with van der Waals surface area (Å²) >= 11 is 1.72. The molecule has 0 saturated heterocycles. The maximum atomic E-state index is 6.42. The summed E-state index contributed by atoms with van der Waals surface area (Å²) in [5.74, 6) is 1.60. The zero-order chi connectivity index (χ0) is 22.1. The van der Waals surface area contributed by atoms with Crippen LogP contribution < -0.4 is 20.9 Å². The molecule has 0 radical (unpaired) electrons. The van der Waals surface area contributed by atoms with Crippen molar-refractivity contribution in [1.82, 2.24) is 14.7 Å². The summed E-state index contributed by atoms with van der Waals surface area (Å²) in [6, 6.07) is 7.90. The van der Waals surface area contributed by atoms with Crippen LogP contribution in [-0.2, 0) is 6.54 Å². The maximum Gasteiger partial charge on any atom is 0.145 e. The fourth-order valence-electron chi connectivity index (χ4n) is 4.16. The third-order valence-electron chi connectivity index (χ3n) is 6.01. The molecule has 0 saturated carbocycles. The molecule has 1 aromatic heterocycles. The highest BCUT2D eigenvalue weighted by Gasteiger charge is 2.30. The molecule has 2 heterocycles. The highest BCUT2D eigenvalue weighted by molar-refractivity contribution is 8.93. The van der Waals surface area contributed by atoms with E-state index in [0.717, 1.165) is 75.2 Å². The van der Waals surface area contributed by atoms with E-state index in [0.29, 0.717) is 6.54 Å². The van der Waals surface area contributed by atoms with Crippen LogP contribution >= 0.6 is 28.7 Å². The van der Waals surface area contributed by atoms with E-state index in [1.54, 1.807) is 26.0 Å². The van der Waals surface area contributed by atoms with Gasteiger partial charge in [-0.2, -0.15) is 5.10 Å². The number of benzene rings is 2. The van der Waals surface area contributed by atoms with Gasteiger partial charge in [-0.3, -0.25) is 4.68 Å². The molecule has 0 bridgehead atoms. The van der Waals surface area contributed by atoms with Gasteiger partial charge in [-0.1, -0.05) is 25.6 Å². The second-order valence-electron chi connectivity index (χ2n) is 7.63. The first kappa shape index (κ1) is 24.9. The van der Waals surface area contributed by atoms with Gasteiger partial charge in [0.2, 0.25) is 0 Å². The number of nitrogens with two attached hydrogens (primary N) is 2. The van der Waals surface area contributed by atoms with E-state index in [9.17, 15) is 0 Å². The Morgan fingerprint density at radius 3 is 2.53 bits per heavy atom. The normalized spacial score (nSPS) is 13.1. The molecule has 9 heteroatoms. The van der Waals surface area contributed by atoms with Gasteiger partial charge in [-0.05, 0) is 42.9 Å². The van der Waals surface area contributed by atoms with Gasteiger partial charge >= 0.3 is 0 Å². The molecular weight excluding hydrogens is 490 g/mol. The Labute approximate surface area is 204 Å². The molecule has 4 rings (SSSR count). The second kappa shape index (κ2) is 10.4. The van der Waals surface area contributed by atoms with Gasteiger partial charge in [0.15, 0.2) is 0 Å². The quantitative estimate of drug-likeness (QED) is 0.343. The fourth-order valence-corrected chi connectivity index (χ4v) is 5.41. The number of nitrogens with zero attached hydrogens (tertiary/aromatic N) is 3. The molecule has 0 fully saturated rings. The van der Waals surface area contributed by atoms with Gasteiger partial charge in [0.1, 0.15) is 22.7 Å². The first-order valence-corrected chi connectivity index (χ1v) is 11.5. The third-order valence-corrected chi connectivity index (χ3v) is 7.23. The number of aromatic nitrogens is 2. The van der Waals surface area contributed by atoms with E-state index in [-0.39, 0.29) is 23.0 Å². The number of likely N-dealkylation sites (N-methyl/N-ethyl adjacent to an activating group) is 1. The Morgan fingerprint density at radius 2 is 1.91 bits per heavy atom. The highest BCUT2D eigenvalue weighted by Crippen LogP contribution is 2.52. The van der Waals surface area contributed by atoms with Crippen LogP contribution in [0.5, 0.6) is 11.5 Å². The van der Waals surface area contributed by atoms with Crippen LogP contribution in [0.4, 0.5) is 0 Å². The van der Waals surface area contributed by atoms with Gasteiger partial charge < -0.3 is 25.8 Å². The molecule has 1 unspecified atom stereocenters. The van der Waals surface area contributed by atoms with Gasteiger partial charge in [-0.25, -0.2) is 0 Å². The van der Waals surface area contributed by atoms with E-state index in [1.165, 1.54) is 0 Å². The lowest BCUT2D eigenvalue weighted by Gasteiger charge is -2.22. The van der Waals surface area contributed by atoms with Crippen molar-refractivity contribution < 1.29 is 9.47 Å². The number of ether oxygens (including phenoxy) is 2. The number of rotatable bonds is 9. The molecule has 2 aromatic carbocycles. The summed E-state index contributed by atoms with van der Waals surface area (Å²) < 4.78 is 13.4. The monoisotopic (exact) mass is 521 g/mol. The predicted octanol–water partition coefficient (Wildman–Crippen LogP) is 4.06. The SMILES string of the molecule is Br.CCN(CC)CCn1nc2c3c(c(C(N)CN)cc(OC)c31)Sc1ccc(OC)cc1-2. The lowest BCUT2D eigenvalue weighted by atomic mass is 10.00. The van der Waals surface area contributed by atoms with Gasteiger partial charge in [-0.15, -0.1) is 17.0 Å². The predicted molar refractivity (Wildman–Crippen MR) is 136 cm³/mol. The number of hydrogen-bond donors (Lipinski definition) is 2. The average Bonchev–Trinajstić information content (AvgIpc) is 3.20. The fraction of sp³-hybridized carbons (Fsp3) is 0.435. The summed E-state index contributed by atoms with van der Waals surface area (Å²) in [5, 5.41) is 6.17. The van der Waals surface area contributed by atoms with Crippen LogP contribution in [0.25, 0.3) is 22.2 Å². The Hall–Kier alpha value is -1.78. The average molecular weight is 523 g/mol. The van der Waals surface area contributed by atoms with Crippen molar-refractivity contribution in [2.24, 2.45) is 11.5 Å². The molecule has 32 heavy (non-hydrogen) atoms. The highest BCUT2D eigenvalue weighted by atomic mass is 79.9. The summed E-state index contributed by atoms with van der Waals surface area (Å²) in [5.41, 5.74) is 16.4. The van der Waals surface area contributed by atoms with Crippen LogP contribution in [0.2, 0.25) is 0 Å². The maximum absolute atomic E-state index is 6.42. The summed E-state index contributed by atoms with van der Waals surface area (Å²) in [6.07, 6.45) is 0. The Kier molecular flexibility index (Phi) is 8.11. The summed E-state index contributed by atoms with van der Waals surface area (Å²) in [6.45, 7) is 8.45. The van der Waals surface area contributed by atoms with E-state index in [1.807, 2.05) is 12.1 Å². The number of halogens is 1. The molecule has 1 aliphatic rings. The van der Waals surface area contributed by atoms with E-state index < -0.39 is 0 Å². The first-order valence-electron chi connectivity index (χ1n) is 10.7. The largest absolute Gasteiger partial charge is 0.497 e. The third kappa shape index (κ3) is 4.24. The topological polar surface area (TPSA) is 91.6 Å². The number of methoxy groups -OCH3 is 2. The molecule has 7 nitrogen and oxygen atoms in total. The van der Waals surface area contributed by atoms with Crippen molar-refractivity contribution in [2.45, 2.75) is 36.2 Å². The Bertz CT molecular complexity index is 1100. The van der Waals surface area contributed by atoms with Crippen molar-refractivity contribution in [3.63, 3.8) is 0 Å². The minimum atomic E-state index is -0.271. The van der Waals surface area contributed by atoms with E-state index in [2.05, 4.69) is 35.6 Å². The number of fused-ring (bicyclic) bond motifs is 2. The zero-order valence-electron chi connectivity index (χ0n) is 19.1. The van der Waals surface area contributed by atoms with E-state index in [4.69, 9.17) is 26.0 Å². The molecule has 0 spiro atoms.